The van der Waals surface area contributed by atoms with Gasteiger partial charge in [-0.15, -0.1) is 11.3 Å². The van der Waals surface area contributed by atoms with E-state index in [-0.39, 0.29) is 0 Å². The number of hydrogen-bond donors (Lipinski definition) is 1. The van der Waals surface area contributed by atoms with Gasteiger partial charge in [0.1, 0.15) is 0 Å². The lowest BCUT2D eigenvalue weighted by Gasteiger charge is -2.09. The third-order valence-electron chi connectivity index (χ3n) is 2.11. The maximum Gasteiger partial charge on any atom is 0.00170 e. The fourth-order valence-electron chi connectivity index (χ4n) is 1.47. The van der Waals surface area contributed by atoms with E-state index in [0.29, 0.717) is 0 Å². The number of rotatable bonds is 5. The smallest absolute Gasteiger partial charge is 0.00170 e. The number of nitrogens with one attached hydrogen (secondary N) is 1. The second-order valence-corrected chi connectivity index (χ2v) is 4.80. The average Bonchev–Trinajstić information content (AvgIpc) is 2.48. The van der Waals surface area contributed by atoms with Crippen molar-refractivity contribution in [2.24, 2.45) is 5.92 Å². The van der Waals surface area contributed by atoms with Crippen LogP contribution < -0.4 is 5.32 Å². The molecule has 0 aliphatic carbocycles. The summed E-state index contributed by atoms with van der Waals surface area (Å²) in [6.45, 7) is 8.83. The summed E-state index contributed by atoms with van der Waals surface area (Å²) in [4.78, 5) is 1.42. The predicted molar refractivity (Wildman–Crippen MR) is 60.5 cm³/mol. The maximum atomic E-state index is 3.38. The summed E-state index contributed by atoms with van der Waals surface area (Å²) in [5.74, 6) is 0.744. The van der Waals surface area contributed by atoms with Gasteiger partial charge >= 0.3 is 0 Å². The first-order chi connectivity index (χ1) is 6.22. The minimum atomic E-state index is 0.744. The van der Waals surface area contributed by atoms with Crippen molar-refractivity contribution in [1.29, 1.82) is 0 Å². The van der Waals surface area contributed by atoms with E-state index in [0.717, 1.165) is 19.0 Å². The molecule has 0 aliphatic rings. The Hall–Kier alpha value is -0.340. The van der Waals surface area contributed by atoms with Crippen LogP contribution in [0.4, 0.5) is 0 Å². The molecule has 1 rings (SSSR count). The normalized spacial score (nSPS) is 13.2. The van der Waals surface area contributed by atoms with E-state index in [1.54, 1.807) is 0 Å². The highest BCUT2D eigenvalue weighted by molar-refractivity contribution is 7.10. The Morgan fingerprint density at radius 3 is 2.85 bits per heavy atom. The molecule has 0 aliphatic heterocycles. The topological polar surface area (TPSA) is 12.0 Å². The van der Waals surface area contributed by atoms with E-state index in [1.807, 2.05) is 11.3 Å². The fourth-order valence-corrected chi connectivity index (χ4v) is 2.19. The van der Waals surface area contributed by atoms with Gasteiger partial charge in [0.25, 0.3) is 0 Å². The Morgan fingerprint density at radius 2 is 2.31 bits per heavy atom. The second kappa shape index (κ2) is 5.40. The molecule has 1 heterocycles. The Bertz CT molecular complexity index is 242. The highest BCUT2D eigenvalue weighted by atomic mass is 32.1. The molecule has 1 unspecified atom stereocenters. The molecule has 74 valence electrons. The van der Waals surface area contributed by atoms with E-state index < -0.39 is 0 Å². The summed E-state index contributed by atoms with van der Waals surface area (Å²) < 4.78 is 0. The first-order valence-electron chi connectivity index (χ1n) is 4.97. The van der Waals surface area contributed by atoms with E-state index in [2.05, 4.69) is 37.5 Å². The molecular weight excluding hydrogens is 178 g/mol. The van der Waals surface area contributed by atoms with Crippen molar-refractivity contribution in [2.45, 2.75) is 27.2 Å². The molecule has 1 aromatic heterocycles. The lowest BCUT2D eigenvalue weighted by Crippen LogP contribution is -2.21. The van der Waals surface area contributed by atoms with Crippen LogP contribution in [0.5, 0.6) is 0 Å². The highest BCUT2D eigenvalue weighted by Gasteiger charge is 2.03. The summed E-state index contributed by atoms with van der Waals surface area (Å²) in [7, 11) is 0. The first kappa shape index (κ1) is 10.7. The van der Waals surface area contributed by atoms with Gasteiger partial charge in [0, 0.05) is 4.88 Å². The molecule has 0 fully saturated rings. The van der Waals surface area contributed by atoms with E-state index in [4.69, 9.17) is 0 Å². The second-order valence-electron chi connectivity index (χ2n) is 3.68. The minimum Gasteiger partial charge on any atom is -0.317 e. The van der Waals surface area contributed by atoms with Gasteiger partial charge in [0.05, 0.1) is 0 Å². The van der Waals surface area contributed by atoms with Gasteiger partial charge in [0.2, 0.25) is 0 Å². The van der Waals surface area contributed by atoms with Crippen molar-refractivity contribution in [3.05, 3.63) is 21.9 Å². The molecule has 1 N–H and O–H groups in total. The molecule has 0 aromatic carbocycles. The van der Waals surface area contributed by atoms with Crippen LogP contribution >= 0.6 is 11.3 Å². The van der Waals surface area contributed by atoms with Crippen molar-refractivity contribution in [2.75, 3.05) is 13.1 Å². The van der Waals surface area contributed by atoms with Gasteiger partial charge in [-0.3, -0.25) is 0 Å². The zero-order chi connectivity index (χ0) is 9.68. The van der Waals surface area contributed by atoms with Gasteiger partial charge in [0.15, 0.2) is 0 Å². The van der Waals surface area contributed by atoms with Crippen LogP contribution in [0.2, 0.25) is 0 Å². The molecule has 0 spiro atoms. The van der Waals surface area contributed by atoms with Crippen molar-refractivity contribution < 1.29 is 0 Å². The number of aryl methyl sites for hydroxylation is 1. The summed E-state index contributed by atoms with van der Waals surface area (Å²) in [6.07, 6.45) is 1.21. The summed E-state index contributed by atoms with van der Waals surface area (Å²) in [6, 6.07) is 2.30. The fraction of sp³-hybridized carbons (Fsp3) is 0.636. The number of thiophene rings is 1. The van der Waals surface area contributed by atoms with Crippen LogP contribution in [-0.2, 0) is 6.42 Å². The molecule has 0 saturated heterocycles. The SMILES string of the molecule is CCNCC(C)Cc1csc(C)c1. The molecule has 13 heavy (non-hydrogen) atoms. The largest absolute Gasteiger partial charge is 0.317 e. The monoisotopic (exact) mass is 197 g/mol. The van der Waals surface area contributed by atoms with E-state index >= 15 is 0 Å². The zero-order valence-corrected chi connectivity index (χ0v) is 9.58. The van der Waals surface area contributed by atoms with E-state index in [1.165, 1.54) is 16.9 Å². The lowest BCUT2D eigenvalue weighted by atomic mass is 10.0. The molecular formula is C11H19NS. The number of hydrogen-bond acceptors (Lipinski definition) is 2. The van der Waals surface area contributed by atoms with Crippen molar-refractivity contribution in [1.82, 2.24) is 5.32 Å². The molecule has 1 nitrogen and oxygen atoms in total. The van der Waals surface area contributed by atoms with Gasteiger partial charge in [-0.25, -0.2) is 0 Å². The van der Waals surface area contributed by atoms with Gasteiger partial charge < -0.3 is 5.32 Å². The van der Waals surface area contributed by atoms with Crippen molar-refractivity contribution in [3.63, 3.8) is 0 Å². The van der Waals surface area contributed by atoms with Crippen LogP contribution in [0.1, 0.15) is 24.3 Å². The molecule has 2 heteroatoms. The highest BCUT2D eigenvalue weighted by Crippen LogP contribution is 2.16. The van der Waals surface area contributed by atoms with Crippen LogP contribution in [-0.4, -0.2) is 13.1 Å². The molecule has 0 amide bonds. The molecule has 0 bridgehead atoms. The summed E-state index contributed by atoms with van der Waals surface area (Å²) >= 11 is 1.85. The van der Waals surface area contributed by atoms with Gasteiger partial charge in [-0.05, 0) is 49.4 Å². The summed E-state index contributed by atoms with van der Waals surface area (Å²) in [5.41, 5.74) is 1.49. The maximum absolute atomic E-state index is 3.38. The molecule has 0 radical (unpaired) electrons. The van der Waals surface area contributed by atoms with Crippen LogP contribution in [0.25, 0.3) is 0 Å². The van der Waals surface area contributed by atoms with Gasteiger partial charge in [-0.1, -0.05) is 13.8 Å². The zero-order valence-electron chi connectivity index (χ0n) is 8.76. The standard InChI is InChI=1S/C11H19NS/c1-4-12-7-9(2)5-11-6-10(3)13-8-11/h6,8-9,12H,4-5,7H2,1-3H3. The average molecular weight is 197 g/mol. The third kappa shape index (κ3) is 3.92. The quantitative estimate of drug-likeness (QED) is 0.765. The van der Waals surface area contributed by atoms with E-state index in [9.17, 15) is 0 Å². The summed E-state index contributed by atoms with van der Waals surface area (Å²) in [5, 5.41) is 5.65. The lowest BCUT2D eigenvalue weighted by molar-refractivity contribution is 0.522. The van der Waals surface area contributed by atoms with Crippen molar-refractivity contribution >= 4 is 11.3 Å². The molecule has 1 aromatic rings. The third-order valence-corrected chi connectivity index (χ3v) is 3.02. The van der Waals surface area contributed by atoms with Crippen LogP contribution in [0.15, 0.2) is 11.4 Å². The minimum absolute atomic E-state index is 0.744. The Kier molecular flexibility index (Phi) is 4.46. The van der Waals surface area contributed by atoms with Gasteiger partial charge in [-0.2, -0.15) is 0 Å². The molecule has 0 saturated carbocycles. The Labute approximate surface area is 85.2 Å². The Balaban J connectivity index is 2.31. The Morgan fingerprint density at radius 1 is 1.54 bits per heavy atom. The predicted octanol–water partition coefficient (Wildman–Crippen LogP) is 2.84. The van der Waals surface area contributed by atoms with Crippen LogP contribution in [0, 0.1) is 12.8 Å². The molecule has 1 atom stereocenters. The van der Waals surface area contributed by atoms with Crippen LogP contribution in [0.3, 0.4) is 0 Å². The first-order valence-corrected chi connectivity index (χ1v) is 5.85. The van der Waals surface area contributed by atoms with Crippen molar-refractivity contribution in [3.8, 4) is 0 Å².